The average Bonchev–Trinajstić information content (AvgIpc) is 3.00. The largest absolute Gasteiger partial charge is 0.487 e. The van der Waals surface area contributed by atoms with E-state index < -0.39 is 43.5 Å². The van der Waals surface area contributed by atoms with Crippen LogP contribution in [0, 0.1) is 5.92 Å². The van der Waals surface area contributed by atoms with E-state index in [1.54, 1.807) is 24.3 Å². The molecule has 5 nitrogen and oxygen atoms in total. The number of thioether (sulfide) groups is 1. The molecule has 3 aromatic carbocycles. The molecule has 7 rings (SSSR count). The summed E-state index contributed by atoms with van der Waals surface area (Å²) < 4.78 is 44.4. The number of carbonyl (C=O) groups is 2. The van der Waals surface area contributed by atoms with E-state index in [4.69, 9.17) is 39.5 Å². The molecule has 4 aliphatic carbocycles. The van der Waals surface area contributed by atoms with Crippen molar-refractivity contribution in [2.75, 3.05) is 0 Å². The highest BCUT2D eigenvalue weighted by molar-refractivity contribution is 8.00. The number of carboxylic acids is 1. The van der Waals surface area contributed by atoms with Crippen LogP contribution in [0.3, 0.4) is 0 Å². The first-order valence-electron chi connectivity index (χ1n) is 13.7. The summed E-state index contributed by atoms with van der Waals surface area (Å²) >= 11 is 20.8. The average molecular weight is 673 g/mol. The number of ether oxygens (including phenoxy) is 1. The minimum Gasteiger partial charge on any atom is -0.487 e. The molecule has 1 unspecified atom stereocenters. The number of carbonyl (C=O) groups excluding carboxylic acids is 1. The third-order valence-corrected chi connectivity index (χ3v) is 10.8. The van der Waals surface area contributed by atoms with E-state index in [0.717, 1.165) is 5.39 Å². The highest BCUT2D eigenvalue weighted by Crippen LogP contribution is 2.65. The van der Waals surface area contributed by atoms with Gasteiger partial charge in [0, 0.05) is 26.5 Å². The van der Waals surface area contributed by atoms with Crippen molar-refractivity contribution in [1.29, 1.82) is 0 Å². The molecule has 2 N–H and O–H groups in total. The van der Waals surface area contributed by atoms with E-state index in [9.17, 15) is 27.9 Å². The van der Waals surface area contributed by atoms with Crippen molar-refractivity contribution >= 4 is 69.2 Å². The van der Waals surface area contributed by atoms with Gasteiger partial charge in [0.15, 0.2) is 0 Å². The summed E-state index contributed by atoms with van der Waals surface area (Å²) in [6.45, 7) is -0.0354. The van der Waals surface area contributed by atoms with Crippen LogP contribution in [-0.2, 0) is 11.4 Å². The molecule has 0 spiro atoms. The van der Waals surface area contributed by atoms with Crippen LogP contribution in [0.5, 0.6) is 5.75 Å². The van der Waals surface area contributed by atoms with Gasteiger partial charge in [-0.2, -0.15) is 13.2 Å². The standard InChI is InChI=1S/C31H27Cl3F3NO4S/c32-27-11-20-12-28(33,14-27)16-29(34,15-27)17-30(20,26(40)41)38-25(39)23-10-7-19-3-1-2-4-22(19)24(23)42-13-18-5-8-21(9-6-18)43-31(35,36)37/h1-10,20H,11-17H2,(H,38,39)(H,40,41)/t20-,27-,28+,29?,30-/m0/s1. The normalized spacial score (nSPS) is 31.5. The number of alkyl halides is 6. The van der Waals surface area contributed by atoms with E-state index in [2.05, 4.69) is 5.32 Å². The predicted octanol–water partition coefficient (Wildman–Crippen LogP) is 8.51. The van der Waals surface area contributed by atoms with Crippen LogP contribution in [-0.4, -0.2) is 42.7 Å². The summed E-state index contributed by atoms with van der Waals surface area (Å²) in [7, 11) is 0. The highest BCUT2D eigenvalue weighted by Gasteiger charge is 2.68. The van der Waals surface area contributed by atoms with Crippen LogP contribution in [0.4, 0.5) is 13.2 Å². The molecule has 4 aliphatic rings. The van der Waals surface area contributed by atoms with Crippen LogP contribution in [0.1, 0.15) is 54.4 Å². The molecule has 12 heteroatoms. The maximum atomic E-state index is 14.1. The molecule has 5 atom stereocenters. The summed E-state index contributed by atoms with van der Waals surface area (Å²) in [5.74, 6) is -2.15. The number of amides is 1. The van der Waals surface area contributed by atoms with Gasteiger partial charge in [-0.1, -0.05) is 42.5 Å². The Balaban J connectivity index is 1.33. The van der Waals surface area contributed by atoms with Gasteiger partial charge in [0.2, 0.25) is 0 Å². The SMILES string of the molecule is O=C(N[C@@]1(C(=O)O)CC2(Cl)C[C@]3(Cl)C[C@H]1C[C@](Cl)(C2)C3)c1ccc2ccccc2c1OCc1ccc(SC(F)(F)F)cc1. The molecule has 228 valence electrons. The molecule has 1 amide bonds. The molecule has 0 aliphatic heterocycles. The molecule has 0 aromatic heterocycles. The van der Waals surface area contributed by atoms with Gasteiger partial charge in [0.05, 0.1) is 10.4 Å². The number of hydrogen-bond acceptors (Lipinski definition) is 4. The molecule has 0 radical (unpaired) electrons. The third-order valence-electron chi connectivity index (χ3n) is 8.80. The summed E-state index contributed by atoms with van der Waals surface area (Å²) in [5, 5.41) is 14.9. The predicted molar refractivity (Wildman–Crippen MR) is 161 cm³/mol. The molecule has 0 saturated heterocycles. The lowest BCUT2D eigenvalue weighted by atomic mass is 9.65. The van der Waals surface area contributed by atoms with Crippen molar-refractivity contribution < 1.29 is 32.6 Å². The number of carboxylic acid groups (broad SMARTS) is 1. The Morgan fingerprint density at radius 2 is 1.53 bits per heavy atom. The number of halogens is 6. The quantitative estimate of drug-likeness (QED) is 0.195. The second kappa shape index (κ2) is 10.6. The Hall–Kier alpha value is -2.33. The van der Waals surface area contributed by atoms with E-state index in [1.807, 2.05) is 12.1 Å². The molecular weight excluding hydrogens is 646 g/mol. The van der Waals surface area contributed by atoms with Gasteiger partial charge in [-0.3, -0.25) is 4.79 Å². The Kier molecular flexibility index (Phi) is 7.59. The topological polar surface area (TPSA) is 75.6 Å². The highest BCUT2D eigenvalue weighted by atomic mass is 35.5. The number of rotatable bonds is 7. The number of nitrogens with one attached hydrogen (secondary N) is 1. The second-order valence-corrected chi connectivity index (χ2v) is 15.7. The first-order valence-corrected chi connectivity index (χ1v) is 15.7. The molecule has 43 heavy (non-hydrogen) atoms. The summed E-state index contributed by atoms with van der Waals surface area (Å²) in [6.07, 6.45) is 1.99. The lowest BCUT2D eigenvalue weighted by Gasteiger charge is -2.51. The van der Waals surface area contributed by atoms with E-state index >= 15 is 0 Å². The molecule has 4 fully saturated rings. The van der Waals surface area contributed by atoms with Crippen molar-refractivity contribution in [2.45, 2.75) is 75.7 Å². The van der Waals surface area contributed by atoms with Gasteiger partial charge in [0.1, 0.15) is 17.9 Å². The maximum absolute atomic E-state index is 14.1. The van der Waals surface area contributed by atoms with Gasteiger partial charge in [-0.05, 0) is 78.9 Å². The lowest BCUT2D eigenvalue weighted by Crippen LogP contribution is -2.61. The zero-order chi connectivity index (χ0) is 30.8. The number of benzene rings is 3. The number of hydrogen-bond donors (Lipinski definition) is 2. The minimum atomic E-state index is -4.40. The zero-order valence-electron chi connectivity index (χ0n) is 22.6. The maximum Gasteiger partial charge on any atom is 0.446 e. The Morgan fingerprint density at radius 3 is 2.16 bits per heavy atom. The fourth-order valence-electron chi connectivity index (χ4n) is 7.49. The van der Waals surface area contributed by atoms with Crippen LogP contribution in [0.2, 0.25) is 0 Å². The molecule has 0 heterocycles. The van der Waals surface area contributed by atoms with Gasteiger partial charge < -0.3 is 15.2 Å². The summed E-state index contributed by atoms with van der Waals surface area (Å²) in [4.78, 5) is 24.7. The van der Waals surface area contributed by atoms with E-state index in [1.165, 1.54) is 24.3 Å². The number of aliphatic carboxylic acids is 1. The fraction of sp³-hybridized carbons (Fsp3) is 0.419. The van der Waals surface area contributed by atoms with Gasteiger partial charge >= 0.3 is 11.5 Å². The van der Waals surface area contributed by atoms with Crippen LogP contribution < -0.4 is 10.1 Å². The Labute approximate surface area is 265 Å². The monoisotopic (exact) mass is 671 g/mol. The lowest BCUT2D eigenvalue weighted by molar-refractivity contribution is -0.147. The first kappa shape index (κ1) is 30.7. The summed E-state index contributed by atoms with van der Waals surface area (Å²) in [5.41, 5.74) is -5.39. The minimum absolute atomic E-state index is 0.0255. The van der Waals surface area contributed by atoms with Crippen LogP contribution in [0.15, 0.2) is 65.6 Å². The van der Waals surface area contributed by atoms with Crippen molar-refractivity contribution in [3.8, 4) is 5.75 Å². The molecular formula is C31H27Cl3F3NO4S. The Morgan fingerprint density at radius 1 is 0.907 bits per heavy atom. The number of fused-ring (bicyclic) bond motifs is 2. The third kappa shape index (κ3) is 6.02. The van der Waals surface area contributed by atoms with E-state index in [0.29, 0.717) is 43.1 Å². The van der Waals surface area contributed by atoms with Crippen LogP contribution >= 0.6 is 46.6 Å². The van der Waals surface area contributed by atoms with Gasteiger partial charge in [-0.25, -0.2) is 4.79 Å². The zero-order valence-corrected chi connectivity index (χ0v) is 25.7. The molecule has 4 saturated carbocycles. The van der Waals surface area contributed by atoms with Crippen molar-refractivity contribution in [3.05, 3.63) is 71.8 Å². The molecule has 4 bridgehead atoms. The second-order valence-electron chi connectivity index (χ2n) is 12.1. The van der Waals surface area contributed by atoms with Gasteiger partial charge in [0.25, 0.3) is 5.91 Å². The summed E-state index contributed by atoms with van der Waals surface area (Å²) in [6, 6.07) is 16.4. The van der Waals surface area contributed by atoms with Crippen molar-refractivity contribution in [1.82, 2.24) is 5.32 Å². The smallest absolute Gasteiger partial charge is 0.446 e. The van der Waals surface area contributed by atoms with Crippen molar-refractivity contribution in [2.24, 2.45) is 5.92 Å². The first-order chi connectivity index (χ1) is 20.1. The fourth-order valence-corrected chi connectivity index (χ4v) is 10.4. The Bertz CT molecular complexity index is 1590. The molecule has 3 aromatic rings. The van der Waals surface area contributed by atoms with Gasteiger partial charge in [-0.15, -0.1) is 34.8 Å². The van der Waals surface area contributed by atoms with Crippen molar-refractivity contribution in [3.63, 3.8) is 0 Å². The van der Waals surface area contributed by atoms with Crippen LogP contribution in [0.25, 0.3) is 10.8 Å². The van der Waals surface area contributed by atoms with E-state index in [-0.39, 0.29) is 41.0 Å².